The van der Waals surface area contributed by atoms with Crippen molar-refractivity contribution in [3.05, 3.63) is 68.5 Å². The Morgan fingerprint density at radius 2 is 0.863 bits per heavy atom. The van der Waals surface area contributed by atoms with Crippen LogP contribution in [0, 0.1) is 20.8 Å². The number of anilines is 3. The van der Waals surface area contributed by atoms with E-state index in [2.05, 4.69) is 76.7 Å². The van der Waals surface area contributed by atoms with Crippen molar-refractivity contribution < 1.29 is 78.2 Å². The van der Waals surface area contributed by atoms with Gasteiger partial charge in [-0.3, -0.25) is 4.21 Å². The molecule has 434 valence electrons. The third-order valence-electron chi connectivity index (χ3n) is 12.8. The van der Waals surface area contributed by atoms with Crippen LogP contribution in [0.2, 0.25) is 0 Å². The van der Waals surface area contributed by atoms with Gasteiger partial charge in [0.25, 0.3) is 0 Å². The molecule has 9 rings (SSSR count). The Hall–Kier alpha value is -3.39. The molecule has 4 unspecified atom stereocenters. The summed E-state index contributed by atoms with van der Waals surface area (Å²) in [6.45, 7) is 10.9. The predicted octanol–water partition coefficient (Wildman–Crippen LogP) is 9.81. The summed E-state index contributed by atoms with van der Waals surface area (Å²) in [5, 5.41) is 26.5. The Kier molecular flexibility index (Phi) is 24.8. The number of hydrogen-bond acceptors (Lipinski definition) is 20. The van der Waals surface area contributed by atoms with E-state index < -0.39 is 50.0 Å². The quantitative estimate of drug-likeness (QED) is 0.0364. The largest absolute Gasteiger partial charge is 1.00 e. The molecular weight excluding hydrogens is 1230 g/mol. The van der Waals surface area contributed by atoms with E-state index in [4.69, 9.17) is 8.76 Å². The van der Waals surface area contributed by atoms with Crippen LogP contribution in [0.25, 0.3) is 32.5 Å². The molecule has 6 heterocycles. The van der Waals surface area contributed by atoms with Crippen LogP contribution < -0.4 is 45.5 Å². The van der Waals surface area contributed by atoms with Gasteiger partial charge in [-0.05, 0) is 86.3 Å². The number of aryl methyl sites for hydroxylation is 3. The standard InChI is InChI=1S/C17H22F2N4O2S2.C16H19BrF2N4S.C16H20F2N4OS.CH4O2S.Na/c1-10-9-26-16(20-10)15-22-13(11(2)27(3,24)25)8-14(23-15)21-12-4-6-17(18,19)7-5-12;1-9-8-24-15(20-9)14-22-12(10(2)17)7-13(23-14)21-11-3-5-16(18,19)6-4-11;1-9-8-24-15(19-9)14-21-12(10(2)23)7-13(22-14)20-11-3-5-16(17,18)6-4-11;1-4(2)3;/h8-9,11-12H,4-7H2,1-3H3,(H,21,22,23);7-8,10-11H,3-6H2,1-2H3,(H,21,22,23);7-8,10-11,23H,3-6H2,1-2H3,(H,20,21,22);1H3,(H,2,3);/q;;;;+1/p-1. The number of aromatic nitrogens is 9. The van der Waals surface area contributed by atoms with Gasteiger partial charge in [-0.2, -0.15) is 0 Å². The summed E-state index contributed by atoms with van der Waals surface area (Å²) in [7, 11) is -3.35. The molecular formula is C50H64BrF6N12NaO5S5. The molecule has 3 fully saturated rings. The van der Waals surface area contributed by atoms with Gasteiger partial charge in [0.15, 0.2) is 42.3 Å². The molecule has 0 aromatic carbocycles. The molecule has 0 saturated heterocycles. The van der Waals surface area contributed by atoms with Crippen LogP contribution in [0.1, 0.15) is 148 Å². The molecule has 3 saturated carbocycles. The summed E-state index contributed by atoms with van der Waals surface area (Å²) < 4.78 is 122. The zero-order valence-electron chi connectivity index (χ0n) is 45.7. The SMILES string of the molecule is CS(=O)[O-].Cc1csc(-c2nc(NC3CCC(F)(F)CC3)cc(C(C)Br)n2)n1.Cc1csc(-c2nc(NC3CCC(F)(F)CC3)cc(C(C)O)n2)n1.Cc1csc(-c2nc(NC3CCC(F)(F)CC3)cc(C(C)S(C)(=O)=O)n2)n1.[Na+]. The number of halogens is 7. The van der Waals surface area contributed by atoms with Gasteiger partial charge in [-0.15, -0.1) is 34.0 Å². The van der Waals surface area contributed by atoms with Crippen molar-refractivity contribution in [2.75, 3.05) is 28.5 Å². The monoisotopic (exact) mass is 1290 g/mol. The smallest absolute Gasteiger partial charge is 0.773 e. The molecule has 6 aromatic rings. The molecule has 0 radical (unpaired) electrons. The Balaban J connectivity index is 0.000000212. The molecule has 0 spiro atoms. The van der Waals surface area contributed by atoms with Gasteiger partial charge in [-0.1, -0.05) is 27.0 Å². The number of nitrogens with zero attached hydrogens (tertiary/aromatic N) is 9. The molecule has 3 aliphatic rings. The minimum Gasteiger partial charge on any atom is -0.773 e. The van der Waals surface area contributed by atoms with Crippen molar-refractivity contribution in [1.82, 2.24) is 44.9 Å². The average molecular weight is 1290 g/mol. The number of aliphatic hydroxyl groups is 1. The molecule has 30 heteroatoms. The van der Waals surface area contributed by atoms with E-state index in [0.29, 0.717) is 94.9 Å². The second kappa shape index (κ2) is 29.4. The first-order chi connectivity index (χ1) is 36.9. The Morgan fingerprint density at radius 3 is 1.12 bits per heavy atom. The molecule has 4 N–H and O–H groups in total. The second-order valence-corrected chi connectivity index (χ2v) is 27.0. The molecule has 0 bridgehead atoms. The van der Waals surface area contributed by atoms with Crippen LogP contribution >= 0.6 is 49.9 Å². The van der Waals surface area contributed by atoms with E-state index in [1.165, 1.54) is 34.0 Å². The number of rotatable bonds is 13. The van der Waals surface area contributed by atoms with Gasteiger partial charge in [0.05, 0.1) is 28.0 Å². The van der Waals surface area contributed by atoms with E-state index in [1.807, 2.05) is 49.9 Å². The number of hydrogen-bond donors (Lipinski definition) is 4. The second-order valence-electron chi connectivity index (χ2n) is 19.9. The zero-order valence-corrected chi connectivity index (χ0v) is 53.4. The molecule has 0 aliphatic heterocycles. The van der Waals surface area contributed by atoms with Gasteiger partial charge in [0.1, 0.15) is 22.7 Å². The Labute approximate surface area is 507 Å². The third-order valence-corrected chi connectivity index (χ3v) is 17.6. The number of aliphatic hydroxyl groups excluding tert-OH is 1. The normalized spacial score (nSPS) is 18.7. The van der Waals surface area contributed by atoms with Crippen LogP contribution in [-0.2, 0) is 20.9 Å². The topological polar surface area (TPSA) is 247 Å². The van der Waals surface area contributed by atoms with Crippen LogP contribution in [0.3, 0.4) is 0 Å². The summed E-state index contributed by atoms with van der Waals surface area (Å²) in [5.41, 5.74) is 4.32. The molecule has 17 nitrogen and oxygen atoms in total. The first-order valence-electron chi connectivity index (χ1n) is 25.3. The van der Waals surface area contributed by atoms with Crippen LogP contribution in [0.4, 0.5) is 43.8 Å². The molecule has 0 amide bonds. The van der Waals surface area contributed by atoms with Crippen molar-refractivity contribution >= 4 is 88.3 Å². The Morgan fingerprint density at radius 1 is 0.588 bits per heavy atom. The summed E-state index contributed by atoms with van der Waals surface area (Å²) in [6.07, 6.45) is 3.14. The number of alkyl halides is 7. The van der Waals surface area contributed by atoms with Crippen molar-refractivity contribution in [3.63, 3.8) is 0 Å². The summed E-state index contributed by atoms with van der Waals surface area (Å²) >= 11 is 5.98. The van der Waals surface area contributed by atoms with E-state index >= 15 is 0 Å². The van der Waals surface area contributed by atoms with Crippen molar-refractivity contribution in [2.45, 2.75) is 171 Å². The maximum absolute atomic E-state index is 13.4. The van der Waals surface area contributed by atoms with Gasteiger partial charge < -0.3 is 25.6 Å². The zero-order chi connectivity index (χ0) is 58.0. The molecule has 80 heavy (non-hydrogen) atoms. The summed E-state index contributed by atoms with van der Waals surface area (Å²) in [4.78, 5) is 40.0. The molecule has 6 aromatic heterocycles. The summed E-state index contributed by atoms with van der Waals surface area (Å²) in [6, 6.07) is 4.96. The minimum atomic E-state index is -3.35. The summed E-state index contributed by atoms with van der Waals surface area (Å²) in [5.74, 6) is -4.69. The fraction of sp³-hybridized carbons (Fsp3) is 0.580. The van der Waals surface area contributed by atoms with E-state index in [0.717, 1.165) is 40.3 Å². The van der Waals surface area contributed by atoms with Gasteiger partial charge >= 0.3 is 29.6 Å². The maximum Gasteiger partial charge on any atom is 1.00 e. The van der Waals surface area contributed by atoms with Gasteiger partial charge in [0.2, 0.25) is 17.8 Å². The first kappa shape index (κ1) is 67.4. The third kappa shape index (κ3) is 21.3. The van der Waals surface area contributed by atoms with Crippen LogP contribution in [0.15, 0.2) is 34.3 Å². The maximum atomic E-state index is 13.4. The number of sulfone groups is 1. The number of nitrogens with one attached hydrogen (secondary N) is 3. The van der Waals surface area contributed by atoms with E-state index in [1.54, 1.807) is 26.0 Å². The van der Waals surface area contributed by atoms with Crippen molar-refractivity contribution in [3.8, 4) is 32.5 Å². The molecule has 4 atom stereocenters. The van der Waals surface area contributed by atoms with Gasteiger partial charge in [-0.25, -0.2) is 79.6 Å². The predicted molar refractivity (Wildman–Crippen MR) is 302 cm³/mol. The first-order valence-corrected chi connectivity index (χ1v) is 32.3. The van der Waals surface area contributed by atoms with E-state index in [9.17, 15) is 39.9 Å². The van der Waals surface area contributed by atoms with Crippen molar-refractivity contribution in [2.24, 2.45) is 0 Å². The Bertz CT molecular complexity index is 2970. The fourth-order valence-corrected chi connectivity index (χ4v) is 11.3. The molecule has 3 aliphatic carbocycles. The average Bonchev–Trinajstić information content (AvgIpc) is 4.14. The van der Waals surface area contributed by atoms with Crippen molar-refractivity contribution in [1.29, 1.82) is 0 Å². The van der Waals surface area contributed by atoms with E-state index in [-0.39, 0.29) is 91.0 Å². The fourth-order valence-electron chi connectivity index (χ4n) is 8.30. The number of thiazole rings is 3. The van der Waals surface area contributed by atoms with Crippen LogP contribution in [0.5, 0.6) is 0 Å². The minimum absolute atomic E-state index is 0. The van der Waals surface area contributed by atoms with Crippen LogP contribution in [-0.4, -0.2) is 116 Å². The van der Waals surface area contributed by atoms with Gasteiger partial charge in [0, 0.05) is 114 Å².